The summed E-state index contributed by atoms with van der Waals surface area (Å²) in [7, 11) is 2.09. The number of rotatable bonds is 4. The first-order chi connectivity index (χ1) is 8.33. The van der Waals surface area contributed by atoms with Crippen molar-refractivity contribution in [3.63, 3.8) is 0 Å². The van der Waals surface area contributed by atoms with Crippen LogP contribution in [0.15, 0.2) is 24.5 Å². The number of hydrogen-bond acceptors (Lipinski definition) is 3. The van der Waals surface area contributed by atoms with Crippen molar-refractivity contribution < 1.29 is 0 Å². The highest BCUT2D eigenvalue weighted by atomic mass is 15.1. The molecule has 0 aromatic carbocycles. The summed E-state index contributed by atoms with van der Waals surface area (Å²) in [6.07, 6.45) is 6.29. The van der Waals surface area contributed by atoms with Gasteiger partial charge in [0.1, 0.15) is 0 Å². The zero-order chi connectivity index (χ0) is 12.1. The summed E-state index contributed by atoms with van der Waals surface area (Å²) in [6.45, 7) is 5.77. The molecule has 2 rings (SSSR count). The Kier molecular flexibility index (Phi) is 4.51. The lowest BCUT2D eigenvalue weighted by atomic mass is 9.90. The van der Waals surface area contributed by atoms with Crippen LogP contribution in [0.2, 0.25) is 0 Å². The molecule has 0 bridgehead atoms. The fraction of sp³-hybridized carbons (Fsp3) is 0.643. The molecule has 2 heterocycles. The molecule has 1 aromatic heterocycles. The van der Waals surface area contributed by atoms with Crippen molar-refractivity contribution in [1.29, 1.82) is 0 Å². The molecule has 1 aliphatic heterocycles. The lowest BCUT2D eigenvalue weighted by molar-refractivity contribution is 0.132. The predicted octanol–water partition coefficient (Wildman–Crippen LogP) is 1.90. The average molecular weight is 233 g/mol. The Morgan fingerprint density at radius 1 is 1.41 bits per heavy atom. The molecule has 0 radical (unpaired) electrons. The van der Waals surface area contributed by atoms with Gasteiger partial charge in [-0.2, -0.15) is 0 Å². The van der Waals surface area contributed by atoms with Gasteiger partial charge < -0.3 is 5.32 Å². The number of piperidine rings is 1. The average Bonchev–Trinajstić information content (AvgIpc) is 2.40. The minimum absolute atomic E-state index is 0.702. The van der Waals surface area contributed by atoms with Crippen molar-refractivity contribution >= 4 is 0 Å². The summed E-state index contributed by atoms with van der Waals surface area (Å²) in [5.41, 5.74) is 1.37. The van der Waals surface area contributed by atoms with E-state index in [1.165, 1.54) is 31.5 Å². The number of pyridine rings is 1. The molecule has 1 aliphatic rings. The van der Waals surface area contributed by atoms with Crippen molar-refractivity contribution in [1.82, 2.24) is 15.2 Å². The van der Waals surface area contributed by atoms with Crippen LogP contribution in [-0.2, 0) is 6.54 Å². The summed E-state index contributed by atoms with van der Waals surface area (Å²) in [5.74, 6) is 0.788. The van der Waals surface area contributed by atoms with Crippen molar-refractivity contribution in [3.05, 3.63) is 30.1 Å². The van der Waals surface area contributed by atoms with Crippen LogP contribution < -0.4 is 5.32 Å². The maximum atomic E-state index is 4.07. The third-order valence-corrected chi connectivity index (χ3v) is 3.87. The van der Waals surface area contributed by atoms with E-state index < -0.39 is 0 Å². The van der Waals surface area contributed by atoms with Gasteiger partial charge in [0.25, 0.3) is 0 Å². The topological polar surface area (TPSA) is 28.2 Å². The third kappa shape index (κ3) is 3.27. The highest BCUT2D eigenvalue weighted by Gasteiger charge is 2.26. The lowest BCUT2D eigenvalue weighted by Gasteiger charge is -2.38. The van der Waals surface area contributed by atoms with E-state index in [-0.39, 0.29) is 0 Å². The second kappa shape index (κ2) is 6.12. The summed E-state index contributed by atoms with van der Waals surface area (Å²) < 4.78 is 0. The van der Waals surface area contributed by atoms with Crippen LogP contribution in [-0.4, -0.2) is 36.1 Å². The van der Waals surface area contributed by atoms with Crippen LogP contribution in [0.4, 0.5) is 0 Å². The van der Waals surface area contributed by atoms with Crippen LogP contribution in [0, 0.1) is 5.92 Å². The van der Waals surface area contributed by atoms with E-state index >= 15 is 0 Å². The molecule has 3 heteroatoms. The van der Waals surface area contributed by atoms with Crippen molar-refractivity contribution in [2.75, 3.05) is 20.1 Å². The maximum absolute atomic E-state index is 4.07. The zero-order valence-electron chi connectivity index (χ0n) is 10.9. The van der Waals surface area contributed by atoms with Gasteiger partial charge in [-0.15, -0.1) is 0 Å². The van der Waals surface area contributed by atoms with E-state index in [2.05, 4.69) is 41.3 Å². The van der Waals surface area contributed by atoms with Crippen molar-refractivity contribution in [2.24, 2.45) is 5.92 Å². The number of aromatic nitrogens is 1. The Balaban J connectivity index is 1.91. The maximum Gasteiger partial charge on any atom is 0.0271 e. The molecular weight excluding hydrogens is 210 g/mol. The smallest absolute Gasteiger partial charge is 0.0271 e. The first kappa shape index (κ1) is 12.5. The largest absolute Gasteiger partial charge is 0.317 e. The quantitative estimate of drug-likeness (QED) is 0.861. The number of likely N-dealkylation sites (tertiary alicyclic amines) is 1. The minimum Gasteiger partial charge on any atom is -0.317 e. The summed E-state index contributed by atoms with van der Waals surface area (Å²) in [6, 6.07) is 4.93. The predicted molar refractivity (Wildman–Crippen MR) is 70.8 cm³/mol. The van der Waals surface area contributed by atoms with Crippen molar-refractivity contribution in [2.45, 2.75) is 32.4 Å². The number of nitrogens with zero attached hydrogens (tertiary/aromatic N) is 2. The van der Waals surface area contributed by atoms with Crippen LogP contribution >= 0.6 is 0 Å². The molecule has 94 valence electrons. The molecule has 2 unspecified atom stereocenters. The Hall–Kier alpha value is -0.930. The van der Waals surface area contributed by atoms with Crippen LogP contribution in [0.5, 0.6) is 0 Å². The standard InChI is InChI=1S/C14H23N3/c1-3-13-11-17(9-6-14(13)15-2)10-12-4-7-16-8-5-12/h4-5,7-8,13-15H,3,6,9-11H2,1-2H3. The SMILES string of the molecule is CCC1CN(Cc2ccncc2)CCC1NC. The highest BCUT2D eigenvalue weighted by molar-refractivity contribution is 5.09. The molecule has 17 heavy (non-hydrogen) atoms. The Bertz CT molecular complexity index is 325. The van der Waals surface area contributed by atoms with Crippen LogP contribution in [0.25, 0.3) is 0 Å². The van der Waals surface area contributed by atoms with Gasteiger partial charge in [-0.3, -0.25) is 9.88 Å². The molecule has 0 spiro atoms. The van der Waals surface area contributed by atoms with Gasteiger partial charge in [0.05, 0.1) is 0 Å². The monoisotopic (exact) mass is 233 g/mol. The Labute approximate surface area is 104 Å². The van der Waals surface area contributed by atoms with E-state index in [4.69, 9.17) is 0 Å². The van der Waals surface area contributed by atoms with Crippen LogP contribution in [0.3, 0.4) is 0 Å². The molecule has 0 saturated carbocycles. The fourth-order valence-corrected chi connectivity index (χ4v) is 2.79. The molecule has 1 fully saturated rings. The Morgan fingerprint density at radius 3 is 2.82 bits per heavy atom. The fourth-order valence-electron chi connectivity index (χ4n) is 2.79. The first-order valence-corrected chi connectivity index (χ1v) is 6.62. The van der Waals surface area contributed by atoms with Gasteiger partial charge in [0.2, 0.25) is 0 Å². The van der Waals surface area contributed by atoms with Crippen molar-refractivity contribution in [3.8, 4) is 0 Å². The lowest BCUT2D eigenvalue weighted by Crippen LogP contribution is -2.47. The normalized spacial score (nSPS) is 26.0. The van der Waals surface area contributed by atoms with E-state index in [0.29, 0.717) is 6.04 Å². The molecule has 3 nitrogen and oxygen atoms in total. The number of nitrogens with one attached hydrogen (secondary N) is 1. The second-order valence-corrected chi connectivity index (χ2v) is 4.94. The van der Waals surface area contributed by atoms with E-state index in [1.807, 2.05) is 12.4 Å². The minimum atomic E-state index is 0.702. The molecule has 1 saturated heterocycles. The second-order valence-electron chi connectivity index (χ2n) is 4.94. The van der Waals surface area contributed by atoms with E-state index in [1.54, 1.807) is 0 Å². The van der Waals surface area contributed by atoms with Gasteiger partial charge in [-0.05, 0) is 43.6 Å². The van der Waals surface area contributed by atoms with Gasteiger partial charge in [-0.1, -0.05) is 13.3 Å². The van der Waals surface area contributed by atoms with Gasteiger partial charge in [0.15, 0.2) is 0 Å². The summed E-state index contributed by atoms with van der Waals surface area (Å²) >= 11 is 0. The third-order valence-electron chi connectivity index (χ3n) is 3.87. The molecule has 0 amide bonds. The Morgan fingerprint density at radius 2 is 2.18 bits per heavy atom. The van der Waals surface area contributed by atoms with Gasteiger partial charge >= 0.3 is 0 Å². The zero-order valence-corrected chi connectivity index (χ0v) is 10.9. The molecule has 2 atom stereocenters. The molecule has 1 N–H and O–H groups in total. The summed E-state index contributed by atoms with van der Waals surface area (Å²) in [5, 5.41) is 3.45. The first-order valence-electron chi connectivity index (χ1n) is 6.62. The summed E-state index contributed by atoms with van der Waals surface area (Å²) in [4.78, 5) is 6.63. The van der Waals surface area contributed by atoms with Gasteiger partial charge in [-0.25, -0.2) is 0 Å². The van der Waals surface area contributed by atoms with E-state index in [9.17, 15) is 0 Å². The molecule has 1 aromatic rings. The highest BCUT2D eigenvalue weighted by Crippen LogP contribution is 2.21. The molecule has 0 aliphatic carbocycles. The van der Waals surface area contributed by atoms with Gasteiger partial charge in [0, 0.05) is 31.5 Å². The van der Waals surface area contributed by atoms with Crippen LogP contribution in [0.1, 0.15) is 25.3 Å². The molecular formula is C14H23N3. The number of hydrogen-bond donors (Lipinski definition) is 1. The van der Waals surface area contributed by atoms with E-state index in [0.717, 1.165) is 12.5 Å².